The fourth-order valence-corrected chi connectivity index (χ4v) is 1.96. The zero-order chi connectivity index (χ0) is 13.7. The minimum Gasteiger partial charge on any atom is -0.480 e. The highest BCUT2D eigenvalue weighted by molar-refractivity contribution is 5.82. The van der Waals surface area contributed by atoms with Crippen LogP contribution in [0, 0.1) is 0 Å². The molecule has 1 atom stereocenters. The number of aliphatic carboxylic acids is 1. The lowest BCUT2D eigenvalue weighted by Gasteiger charge is -2.31. The van der Waals surface area contributed by atoms with Gasteiger partial charge in [-0.3, -0.25) is 0 Å². The van der Waals surface area contributed by atoms with Crippen LogP contribution in [0.25, 0.3) is 0 Å². The zero-order valence-electron chi connectivity index (χ0n) is 11.3. The third-order valence-electron chi connectivity index (χ3n) is 3.21. The fourth-order valence-electron chi connectivity index (χ4n) is 1.96. The number of nitrogens with zero attached hydrogens (tertiary/aromatic N) is 2. The lowest BCUT2D eigenvalue weighted by molar-refractivity contribution is -0.142. The Hall–Kier alpha value is -1.30. The largest absolute Gasteiger partial charge is 0.480 e. The standard InChI is InChI=1S/C12H22N2O4/c1-4-10(11(15)16)13(2)12(17)14(7-8-18-3)9-5-6-9/h9-10H,4-8H2,1-3H3,(H,15,16). The van der Waals surface area contributed by atoms with Gasteiger partial charge >= 0.3 is 12.0 Å². The fraction of sp³-hybridized carbons (Fsp3) is 0.833. The second-order valence-electron chi connectivity index (χ2n) is 4.57. The number of urea groups is 1. The lowest BCUT2D eigenvalue weighted by atomic mass is 10.2. The molecule has 1 N–H and O–H groups in total. The Balaban J connectivity index is 2.66. The quantitative estimate of drug-likeness (QED) is 0.740. The number of carbonyl (C=O) groups is 2. The van der Waals surface area contributed by atoms with E-state index in [1.54, 1.807) is 26.0 Å². The maximum atomic E-state index is 12.3. The molecule has 1 fully saturated rings. The molecule has 1 unspecified atom stereocenters. The summed E-state index contributed by atoms with van der Waals surface area (Å²) in [5.41, 5.74) is 0. The third kappa shape index (κ3) is 3.60. The summed E-state index contributed by atoms with van der Waals surface area (Å²) in [5, 5.41) is 9.07. The van der Waals surface area contributed by atoms with Crippen LogP contribution in [0.5, 0.6) is 0 Å². The smallest absolute Gasteiger partial charge is 0.326 e. The zero-order valence-corrected chi connectivity index (χ0v) is 11.3. The first-order chi connectivity index (χ1) is 8.52. The van der Waals surface area contributed by atoms with Crippen molar-refractivity contribution in [3.63, 3.8) is 0 Å². The molecule has 0 aromatic carbocycles. The maximum Gasteiger partial charge on any atom is 0.326 e. The number of carboxylic acid groups (broad SMARTS) is 1. The average Bonchev–Trinajstić information content (AvgIpc) is 3.14. The van der Waals surface area contributed by atoms with Gasteiger partial charge in [-0.25, -0.2) is 9.59 Å². The number of hydrogen-bond acceptors (Lipinski definition) is 3. The van der Waals surface area contributed by atoms with Gasteiger partial charge < -0.3 is 19.6 Å². The SMILES string of the molecule is CCC(C(=O)O)N(C)C(=O)N(CCOC)C1CC1. The van der Waals surface area contributed by atoms with E-state index in [4.69, 9.17) is 9.84 Å². The van der Waals surface area contributed by atoms with E-state index in [1.165, 1.54) is 4.90 Å². The molecule has 0 bridgehead atoms. The van der Waals surface area contributed by atoms with Gasteiger partial charge in [0.1, 0.15) is 6.04 Å². The molecule has 1 saturated carbocycles. The summed E-state index contributed by atoms with van der Waals surface area (Å²) in [6.07, 6.45) is 2.39. The Morgan fingerprint density at radius 3 is 2.44 bits per heavy atom. The number of amides is 2. The van der Waals surface area contributed by atoms with Crippen molar-refractivity contribution in [1.29, 1.82) is 0 Å². The number of carbonyl (C=O) groups excluding carboxylic acids is 1. The second-order valence-corrected chi connectivity index (χ2v) is 4.57. The first-order valence-corrected chi connectivity index (χ1v) is 6.28. The first kappa shape index (κ1) is 14.8. The Kier molecular flexibility index (Phi) is 5.40. The van der Waals surface area contributed by atoms with E-state index in [1.807, 2.05) is 0 Å². The third-order valence-corrected chi connectivity index (χ3v) is 3.21. The van der Waals surface area contributed by atoms with Crippen molar-refractivity contribution in [3.05, 3.63) is 0 Å². The molecule has 0 aliphatic heterocycles. The highest BCUT2D eigenvalue weighted by Crippen LogP contribution is 2.27. The van der Waals surface area contributed by atoms with E-state index >= 15 is 0 Å². The molecule has 0 radical (unpaired) electrons. The van der Waals surface area contributed by atoms with Crippen molar-refractivity contribution in [3.8, 4) is 0 Å². The average molecular weight is 258 g/mol. The topological polar surface area (TPSA) is 70.1 Å². The summed E-state index contributed by atoms with van der Waals surface area (Å²) in [5.74, 6) is -0.962. The Morgan fingerprint density at radius 2 is 2.06 bits per heavy atom. The van der Waals surface area contributed by atoms with Gasteiger partial charge in [0.25, 0.3) is 0 Å². The summed E-state index contributed by atoms with van der Waals surface area (Å²) in [6, 6.07) is -0.730. The highest BCUT2D eigenvalue weighted by atomic mass is 16.5. The number of methoxy groups -OCH3 is 1. The van der Waals surface area contributed by atoms with Crippen molar-refractivity contribution in [1.82, 2.24) is 9.80 Å². The first-order valence-electron chi connectivity index (χ1n) is 6.28. The predicted molar refractivity (Wildman–Crippen MR) is 66.5 cm³/mol. The van der Waals surface area contributed by atoms with Gasteiger partial charge in [-0.1, -0.05) is 6.92 Å². The van der Waals surface area contributed by atoms with Crippen LogP contribution in [0.4, 0.5) is 4.79 Å². The summed E-state index contributed by atoms with van der Waals surface area (Å²) in [6.45, 7) is 2.75. The normalized spacial score (nSPS) is 16.2. The molecule has 0 aromatic heterocycles. The molecule has 0 saturated heterocycles. The molecule has 0 spiro atoms. The molecule has 0 aromatic rings. The molecule has 0 heterocycles. The molecule has 6 heteroatoms. The minimum absolute atomic E-state index is 0.219. The number of ether oxygens (including phenoxy) is 1. The van der Waals surface area contributed by atoms with Gasteiger partial charge in [-0.05, 0) is 19.3 Å². The van der Waals surface area contributed by atoms with Crippen LogP contribution in [0.2, 0.25) is 0 Å². The molecule has 1 aliphatic rings. The summed E-state index contributed by atoms with van der Waals surface area (Å²) in [4.78, 5) is 26.4. The minimum atomic E-state index is -0.962. The Labute approximate surface area is 107 Å². The van der Waals surface area contributed by atoms with Gasteiger partial charge in [-0.15, -0.1) is 0 Å². The van der Waals surface area contributed by atoms with Gasteiger partial charge in [0.2, 0.25) is 0 Å². The Bertz CT molecular complexity index is 304. The number of hydrogen-bond donors (Lipinski definition) is 1. The molecular formula is C12H22N2O4. The van der Waals surface area contributed by atoms with Crippen LogP contribution in [-0.4, -0.2) is 66.3 Å². The van der Waals surface area contributed by atoms with Crippen LogP contribution in [0.1, 0.15) is 26.2 Å². The molecule has 6 nitrogen and oxygen atoms in total. The molecule has 1 aliphatic carbocycles. The van der Waals surface area contributed by atoms with Crippen LogP contribution in [0.15, 0.2) is 0 Å². The van der Waals surface area contributed by atoms with Gasteiger partial charge in [0.15, 0.2) is 0 Å². The van der Waals surface area contributed by atoms with Gasteiger partial charge in [0.05, 0.1) is 6.61 Å². The van der Waals surface area contributed by atoms with Crippen LogP contribution in [-0.2, 0) is 9.53 Å². The van der Waals surface area contributed by atoms with Crippen molar-refractivity contribution < 1.29 is 19.4 Å². The van der Waals surface area contributed by atoms with Gasteiger partial charge in [-0.2, -0.15) is 0 Å². The van der Waals surface area contributed by atoms with Crippen molar-refractivity contribution in [2.75, 3.05) is 27.3 Å². The van der Waals surface area contributed by atoms with E-state index in [0.29, 0.717) is 19.6 Å². The molecule has 104 valence electrons. The highest BCUT2D eigenvalue weighted by Gasteiger charge is 2.36. The molecule has 2 amide bonds. The summed E-state index contributed by atoms with van der Waals surface area (Å²) in [7, 11) is 3.14. The van der Waals surface area contributed by atoms with Crippen LogP contribution >= 0.6 is 0 Å². The maximum absolute atomic E-state index is 12.3. The predicted octanol–water partition coefficient (Wildman–Crippen LogP) is 1.01. The van der Waals surface area contributed by atoms with E-state index in [2.05, 4.69) is 0 Å². The number of carboxylic acids is 1. The number of rotatable bonds is 7. The van der Waals surface area contributed by atoms with Gasteiger partial charge in [0, 0.05) is 26.7 Å². The van der Waals surface area contributed by atoms with E-state index in [-0.39, 0.29) is 12.1 Å². The molecular weight excluding hydrogens is 236 g/mol. The van der Waals surface area contributed by atoms with Crippen LogP contribution in [0.3, 0.4) is 0 Å². The van der Waals surface area contributed by atoms with E-state index < -0.39 is 12.0 Å². The van der Waals surface area contributed by atoms with Crippen molar-refractivity contribution >= 4 is 12.0 Å². The van der Waals surface area contributed by atoms with Crippen molar-refractivity contribution in [2.24, 2.45) is 0 Å². The van der Waals surface area contributed by atoms with E-state index in [9.17, 15) is 9.59 Å². The monoisotopic (exact) mass is 258 g/mol. The van der Waals surface area contributed by atoms with Crippen LogP contribution < -0.4 is 0 Å². The lowest BCUT2D eigenvalue weighted by Crippen LogP contribution is -2.50. The summed E-state index contributed by atoms with van der Waals surface area (Å²) >= 11 is 0. The summed E-state index contributed by atoms with van der Waals surface area (Å²) < 4.78 is 4.99. The van der Waals surface area contributed by atoms with E-state index in [0.717, 1.165) is 12.8 Å². The second kappa shape index (κ2) is 6.58. The molecule has 18 heavy (non-hydrogen) atoms. The Morgan fingerprint density at radius 1 is 1.44 bits per heavy atom. The number of likely N-dealkylation sites (N-methyl/N-ethyl adjacent to an activating group) is 1. The van der Waals surface area contributed by atoms with Crippen molar-refractivity contribution in [2.45, 2.75) is 38.3 Å². The molecule has 1 rings (SSSR count).